The van der Waals surface area contributed by atoms with Gasteiger partial charge in [0.05, 0.1) is 18.8 Å². The zero-order chi connectivity index (χ0) is 20.1. The molecule has 5 heteroatoms. The first kappa shape index (κ1) is 21.0. The Morgan fingerprint density at radius 1 is 1.07 bits per heavy atom. The van der Waals surface area contributed by atoms with Crippen LogP contribution < -0.4 is 4.90 Å². The maximum atomic E-state index is 13.6. The third-order valence-electron chi connectivity index (χ3n) is 5.78. The van der Waals surface area contributed by atoms with Gasteiger partial charge in [-0.05, 0) is 68.9 Å². The molecule has 0 aliphatic carbocycles. The molecule has 1 aliphatic rings. The summed E-state index contributed by atoms with van der Waals surface area (Å²) >= 11 is 3.49. The zero-order valence-electron chi connectivity index (χ0n) is 17.0. The van der Waals surface area contributed by atoms with Crippen molar-refractivity contribution in [2.24, 2.45) is 0 Å². The van der Waals surface area contributed by atoms with Crippen LogP contribution in [0.15, 0.2) is 53.0 Å². The van der Waals surface area contributed by atoms with Crippen LogP contribution in [-0.4, -0.2) is 56.6 Å². The monoisotopic (exact) mass is 444 g/mol. The van der Waals surface area contributed by atoms with Crippen LogP contribution in [0.25, 0.3) is 0 Å². The van der Waals surface area contributed by atoms with Gasteiger partial charge in [0.15, 0.2) is 5.78 Å². The van der Waals surface area contributed by atoms with Gasteiger partial charge in [0, 0.05) is 28.8 Å². The van der Waals surface area contributed by atoms with E-state index in [4.69, 9.17) is 4.74 Å². The molecule has 3 rings (SSSR count). The molecule has 1 atom stereocenters. The van der Waals surface area contributed by atoms with E-state index in [0.717, 1.165) is 54.0 Å². The lowest BCUT2D eigenvalue weighted by molar-refractivity contribution is 0.0666. The Balaban J connectivity index is 1.85. The minimum atomic E-state index is -0.561. The molecule has 0 radical (unpaired) electrons. The molecule has 0 amide bonds. The first-order chi connectivity index (χ1) is 13.5. The quantitative estimate of drug-likeness (QED) is 0.591. The van der Waals surface area contributed by atoms with Crippen molar-refractivity contribution in [3.8, 4) is 0 Å². The summed E-state index contributed by atoms with van der Waals surface area (Å²) < 4.78 is 6.48. The second-order valence-corrected chi connectivity index (χ2v) is 8.47. The maximum absolute atomic E-state index is 13.6. The number of halogens is 1. The van der Waals surface area contributed by atoms with E-state index < -0.39 is 5.54 Å². The number of hydrogen-bond donors (Lipinski definition) is 0. The topological polar surface area (TPSA) is 32.8 Å². The highest BCUT2D eigenvalue weighted by molar-refractivity contribution is 9.10. The van der Waals surface area contributed by atoms with Crippen LogP contribution in [0, 0.1) is 0 Å². The van der Waals surface area contributed by atoms with Crippen molar-refractivity contribution in [2.75, 3.05) is 45.3 Å². The van der Waals surface area contributed by atoms with Crippen LogP contribution in [0.3, 0.4) is 0 Å². The Bertz CT molecular complexity index is 783. The Labute approximate surface area is 176 Å². The van der Waals surface area contributed by atoms with E-state index in [1.807, 2.05) is 38.4 Å². The summed E-state index contributed by atoms with van der Waals surface area (Å²) in [5, 5.41) is 0. The van der Waals surface area contributed by atoms with E-state index in [-0.39, 0.29) is 5.78 Å². The average molecular weight is 445 g/mol. The summed E-state index contributed by atoms with van der Waals surface area (Å²) in [4.78, 5) is 18.0. The van der Waals surface area contributed by atoms with Crippen molar-refractivity contribution in [1.82, 2.24) is 4.90 Å². The largest absolute Gasteiger partial charge is 0.378 e. The first-order valence-electron chi connectivity index (χ1n) is 9.86. The molecular formula is C23H29BrN2O2. The van der Waals surface area contributed by atoms with Gasteiger partial charge in [-0.3, -0.25) is 9.69 Å². The summed E-state index contributed by atoms with van der Waals surface area (Å²) in [6.45, 7) is 5.40. The van der Waals surface area contributed by atoms with Crippen LogP contribution in [0.4, 0.5) is 5.69 Å². The zero-order valence-corrected chi connectivity index (χ0v) is 18.5. The van der Waals surface area contributed by atoms with Gasteiger partial charge >= 0.3 is 0 Å². The molecular weight excluding hydrogens is 416 g/mol. The van der Waals surface area contributed by atoms with E-state index in [1.165, 1.54) is 0 Å². The summed E-state index contributed by atoms with van der Waals surface area (Å²) in [6.07, 6.45) is 1.44. The smallest absolute Gasteiger partial charge is 0.183 e. The molecule has 0 bridgehead atoms. The van der Waals surface area contributed by atoms with Crippen molar-refractivity contribution in [3.05, 3.63) is 64.1 Å². The molecule has 1 saturated heterocycles. The molecule has 150 valence electrons. The van der Waals surface area contributed by atoms with Crippen LogP contribution in [-0.2, 0) is 11.2 Å². The van der Waals surface area contributed by atoms with Crippen LogP contribution in [0.1, 0.15) is 29.3 Å². The molecule has 1 heterocycles. The van der Waals surface area contributed by atoms with E-state index in [0.29, 0.717) is 6.42 Å². The van der Waals surface area contributed by atoms with Crippen molar-refractivity contribution in [1.29, 1.82) is 0 Å². The molecule has 2 aromatic carbocycles. The van der Waals surface area contributed by atoms with Crippen LogP contribution in [0.5, 0.6) is 0 Å². The molecule has 28 heavy (non-hydrogen) atoms. The Kier molecular flexibility index (Phi) is 6.91. The second-order valence-electron chi connectivity index (χ2n) is 7.56. The number of anilines is 1. The minimum Gasteiger partial charge on any atom is -0.378 e. The Morgan fingerprint density at radius 3 is 2.21 bits per heavy atom. The number of carbonyl (C=O) groups excluding carboxylic acids is 1. The fourth-order valence-electron chi connectivity index (χ4n) is 3.90. The molecule has 0 N–H and O–H groups in total. The maximum Gasteiger partial charge on any atom is 0.183 e. The average Bonchev–Trinajstić information content (AvgIpc) is 2.73. The number of benzene rings is 2. The third kappa shape index (κ3) is 4.48. The lowest BCUT2D eigenvalue weighted by Crippen LogP contribution is -2.52. The van der Waals surface area contributed by atoms with Gasteiger partial charge in [0.2, 0.25) is 0 Å². The summed E-state index contributed by atoms with van der Waals surface area (Å²) in [6, 6.07) is 16.3. The van der Waals surface area contributed by atoms with Gasteiger partial charge in [-0.25, -0.2) is 0 Å². The van der Waals surface area contributed by atoms with Gasteiger partial charge in [-0.1, -0.05) is 35.0 Å². The standard InChI is InChI=1S/C23H29BrN2O2/c1-4-23(25(2)3,17-18-5-9-20(24)10-6-18)22(27)19-7-11-21(12-8-19)26-13-15-28-16-14-26/h5-12H,4,13-17H2,1-3H3. The minimum absolute atomic E-state index is 0.177. The number of nitrogens with zero attached hydrogens (tertiary/aromatic N) is 2. The van der Waals surface area contributed by atoms with Crippen molar-refractivity contribution in [3.63, 3.8) is 0 Å². The highest BCUT2D eigenvalue weighted by Gasteiger charge is 2.39. The molecule has 0 spiro atoms. The number of likely N-dealkylation sites (N-methyl/N-ethyl adjacent to an activating group) is 1. The van der Waals surface area contributed by atoms with E-state index in [2.05, 4.69) is 56.9 Å². The molecule has 0 saturated carbocycles. The van der Waals surface area contributed by atoms with Crippen molar-refractivity contribution in [2.45, 2.75) is 25.3 Å². The molecule has 2 aromatic rings. The highest BCUT2D eigenvalue weighted by Crippen LogP contribution is 2.29. The molecule has 1 aliphatic heterocycles. The van der Waals surface area contributed by atoms with Gasteiger partial charge in [0.25, 0.3) is 0 Å². The van der Waals surface area contributed by atoms with Crippen molar-refractivity contribution < 1.29 is 9.53 Å². The lowest BCUT2D eigenvalue weighted by Gasteiger charge is -2.38. The third-order valence-corrected chi connectivity index (χ3v) is 6.31. The number of Topliss-reactive ketones (excluding diaryl/α,β-unsaturated/α-hetero) is 1. The predicted octanol–water partition coefficient (Wildman–Crippen LogP) is 4.42. The predicted molar refractivity (Wildman–Crippen MR) is 118 cm³/mol. The number of ketones is 1. The number of hydrogen-bond acceptors (Lipinski definition) is 4. The summed E-state index contributed by atoms with van der Waals surface area (Å²) in [7, 11) is 4.00. The number of morpholine rings is 1. The van der Waals surface area contributed by atoms with Gasteiger partial charge < -0.3 is 9.64 Å². The fraction of sp³-hybridized carbons (Fsp3) is 0.435. The summed E-state index contributed by atoms with van der Waals surface area (Å²) in [5.74, 6) is 0.177. The fourth-order valence-corrected chi connectivity index (χ4v) is 4.16. The van der Waals surface area contributed by atoms with Gasteiger partial charge in [0.1, 0.15) is 0 Å². The first-order valence-corrected chi connectivity index (χ1v) is 10.6. The molecule has 4 nitrogen and oxygen atoms in total. The Hall–Kier alpha value is -1.69. The molecule has 0 aromatic heterocycles. The van der Waals surface area contributed by atoms with Crippen molar-refractivity contribution >= 4 is 27.4 Å². The van der Waals surface area contributed by atoms with E-state index >= 15 is 0 Å². The lowest BCUT2D eigenvalue weighted by atomic mass is 9.80. The second kappa shape index (κ2) is 9.21. The molecule has 1 fully saturated rings. The SMILES string of the molecule is CCC(Cc1ccc(Br)cc1)(C(=O)c1ccc(N2CCOCC2)cc1)N(C)C. The summed E-state index contributed by atoms with van der Waals surface area (Å²) in [5.41, 5.74) is 2.52. The van der Waals surface area contributed by atoms with E-state index in [1.54, 1.807) is 0 Å². The Morgan fingerprint density at radius 2 is 1.68 bits per heavy atom. The normalized spacial score (nSPS) is 16.8. The number of carbonyl (C=O) groups is 1. The van der Waals surface area contributed by atoms with Crippen LogP contribution in [0.2, 0.25) is 0 Å². The van der Waals surface area contributed by atoms with Gasteiger partial charge in [-0.2, -0.15) is 0 Å². The molecule has 1 unspecified atom stereocenters. The highest BCUT2D eigenvalue weighted by atomic mass is 79.9. The number of ether oxygens (including phenoxy) is 1. The van der Waals surface area contributed by atoms with Gasteiger partial charge in [-0.15, -0.1) is 0 Å². The number of rotatable bonds is 7. The van der Waals surface area contributed by atoms with E-state index in [9.17, 15) is 4.79 Å². The van der Waals surface area contributed by atoms with Crippen LogP contribution >= 0.6 is 15.9 Å².